The number of ether oxygens (including phenoxy) is 1. The van der Waals surface area contributed by atoms with E-state index in [4.69, 9.17) is 4.74 Å². The minimum absolute atomic E-state index is 0.0913. The maximum absolute atomic E-state index is 12.4. The van der Waals surface area contributed by atoms with E-state index in [9.17, 15) is 4.79 Å². The molecule has 2 aliphatic carbocycles. The summed E-state index contributed by atoms with van der Waals surface area (Å²) < 4.78 is 5.39. The van der Waals surface area contributed by atoms with Gasteiger partial charge in [0.05, 0.1) is 6.10 Å². The number of piperidine rings is 1. The number of amides is 2. The van der Waals surface area contributed by atoms with Crippen LogP contribution in [0.1, 0.15) is 29.9 Å². The van der Waals surface area contributed by atoms with Crippen LogP contribution in [0.25, 0.3) is 0 Å². The summed E-state index contributed by atoms with van der Waals surface area (Å²) in [5.41, 5.74) is 2.91. The SMILES string of the molecule is COC1CCCN(C(=O)NC2C3Cc4ccccc4C32)C1. The minimum atomic E-state index is 0.0913. The number of nitrogens with one attached hydrogen (secondary N) is 1. The summed E-state index contributed by atoms with van der Waals surface area (Å²) in [7, 11) is 1.73. The van der Waals surface area contributed by atoms with E-state index in [2.05, 4.69) is 29.6 Å². The summed E-state index contributed by atoms with van der Waals surface area (Å²) in [5, 5.41) is 3.24. The molecule has 1 aromatic carbocycles. The van der Waals surface area contributed by atoms with E-state index >= 15 is 0 Å². The first-order valence-corrected chi connectivity index (χ1v) is 7.94. The summed E-state index contributed by atoms with van der Waals surface area (Å²) in [6, 6.07) is 9.08. The molecule has 4 nitrogen and oxygen atoms in total. The minimum Gasteiger partial charge on any atom is -0.380 e. The summed E-state index contributed by atoms with van der Waals surface area (Å²) >= 11 is 0. The fraction of sp³-hybridized carbons (Fsp3) is 0.588. The van der Waals surface area contributed by atoms with Crippen LogP contribution in [0.4, 0.5) is 4.79 Å². The lowest BCUT2D eigenvalue weighted by atomic mass is 10.1. The number of methoxy groups -OCH3 is 1. The van der Waals surface area contributed by atoms with Crippen molar-refractivity contribution in [3.8, 4) is 0 Å². The number of likely N-dealkylation sites (tertiary alicyclic amines) is 1. The molecule has 21 heavy (non-hydrogen) atoms. The Labute approximate surface area is 125 Å². The van der Waals surface area contributed by atoms with Crippen LogP contribution >= 0.6 is 0 Å². The summed E-state index contributed by atoms with van der Waals surface area (Å²) in [6.45, 7) is 1.57. The molecule has 2 fully saturated rings. The average Bonchev–Trinajstić information content (AvgIpc) is 3.04. The molecule has 4 unspecified atom stereocenters. The third kappa shape index (κ3) is 2.22. The quantitative estimate of drug-likeness (QED) is 0.905. The van der Waals surface area contributed by atoms with Gasteiger partial charge in [-0.1, -0.05) is 24.3 Å². The average molecular weight is 286 g/mol. The first-order chi connectivity index (χ1) is 10.3. The molecule has 0 spiro atoms. The first-order valence-electron chi connectivity index (χ1n) is 7.94. The smallest absolute Gasteiger partial charge is 0.317 e. The van der Waals surface area contributed by atoms with E-state index in [0.717, 1.165) is 32.4 Å². The fourth-order valence-electron chi connectivity index (χ4n) is 4.10. The van der Waals surface area contributed by atoms with E-state index in [-0.39, 0.29) is 12.1 Å². The lowest BCUT2D eigenvalue weighted by molar-refractivity contribution is 0.0433. The van der Waals surface area contributed by atoms with Gasteiger partial charge in [0, 0.05) is 32.2 Å². The monoisotopic (exact) mass is 286 g/mol. The number of urea groups is 1. The van der Waals surface area contributed by atoms with Gasteiger partial charge < -0.3 is 15.0 Å². The summed E-state index contributed by atoms with van der Waals surface area (Å²) in [5.74, 6) is 1.17. The zero-order valence-electron chi connectivity index (χ0n) is 12.4. The van der Waals surface area contributed by atoms with E-state index < -0.39 is 0 Å². The van der Waals surface area contributed by atoms with Gasteiger partial charge in [0.25, 0.3) is 0 Å². The van der Waals surface area contributed by atoms with E-state index in [1.54, 1.807) is 7.11 Å². The topological polar surface area (TPSA) is 41.6 Å². The Hall–Kier alpha value is -1.55. The van der Waals surface area contributed by atoms with Gasteiger partial charge in [0.1, 0.15) is 0 Å². The molecule has 0 bridgehead atoms. The van der Waals surface area contributed by atoms with Crippen molar-refractivity contribution in [2.75, 3.05) is 20.2 Å². The molecule has 4 heteroatoms. The molecular formula is C17H22N2O2. The lowest BCUT2D eigenvalue weighted by Gasteiger charge is -2.32. The van der Waals surface area contributed by atoms with Crippen LogP contribution in [0.2, 0.25) is 0 Å². The van der Waals surface area contributed by atoms with Crippen molar-refractivity contribution in [2.24, 2.45) is 5.92 Å². The second-order valence-corrected chi connectivity index (χ2v) is 6.51. The Morgan fingerprint density at radius 1 is 1.38 bits per heavy atom. The molecule has 0 radical (unpaired) electrons. The standard InChI is InChI=1S/C17H22N2O2/c1-21-12-6-4-8-19(10-12)17(20)18-16-14-9-11-5-2-3-7-13(11)15(14)16/h2-3,5,7,12,14-16H,4,6,8-10H2,1H3,(H,18,20). The van der Waals surface area contributed by atoms with Crippen LogP contribution < -0.4 is 5.32 Å². The molecule has 2 amide bonds. The van der Waals surface area contributed by atoms with Crippen LogP contribution in [0, 0.1) is 5.92 Å². The van der Waals surface area contributed by atoms with Crippen LogP contribution in [-0.4, -0.2) is 43.3 Å². The molecule has 1 aliphatic heterocycles. The molecule has 4 atom stereocenters. The highest BCUT2D eigenvalue weighted by atomic mass is 16.5. The Morgan fingerprint density at radius 2 is 2.24 bits per heavy atom. The van der Waals surface area contributed by atoms with Crippen LogP contribution in [0.3, 0.4) is 0 Å². The number of carbonyl (C=O) groups is 1. The normalized spacial score (nSPS) is 33.3. The Balaban J connectivity index is 1.37. The van der Waals surface area contributed by atoms with Crippen molar-refractivity contribution in [1.82, 2.24) is 10.2 Å². The van der Waals surface area contributed by atoms with Gasteiger partial charge in [-0.05, 0) is 36.3 Å². The number of rotatable bonds is 2. The zero-order chi connectivity index (χ0) is 14.4. The maximum Gasteiger partial charge on any atom is 0.317 e. The predicted octanol–water partition coefficient (Wildman–Crippen LogP) is 2.15. The van der Waals surface area contributed by atoms with E-state index in [1.807, 2.05) is 4.90 Å². The Bertz CT molecular complexity index is 559. The highest BCUT2D eigenvalue weighted by Crippen LogP contribution is 2.56. The van der Waals surface area contributed by atoms with E-state index in [1.165, 1.54) is 11.1 Å². The number of hydrogen-bond acceptors (Lipinski definition) is 2. The molecule has 4 rings (SSSR count). The first kappa shape index (κ1) is 13.1. The largest absolute Gasteiger partial charge is 0.380 e. The number of benzene rings is 1. The molecule has 0 aromatic heterocycles. The lowest BCUT2D eigenvalue weighted by Crippen LogP contribution is -2.48. The van der Waals surface area contributed by atoms with Crippen molar-refractivity contribution in [3.05, 3.63) is 35.4 Å². The summed E-state index contributed by atoms with van der Waals surface area (Å²) in [4.78, 5) is 14.3. The second-order valence-electron chi connectivity index (χ2n) is 6.51. The van der Waals surface area contributed by atoms with E-state index in [0.29, 0.717) is 17.9 Å². The number of carbonyl (C=O) groups excluding carboxylic acids is 1. The predicted molar refractivity (Wildman–Crippen MR) is 80.3 cm³/mol. The maximum atomic E-state index is 12.4. The van der Waals surface area contributed by atoms with Crippen LogP contribution in [0.5, 0.6) is 0 Å². The van der Waals surface area contributed by atoms with Crippen LogP contribution in [-0.2, 0) is 11.2 Å². The van der Waals surface area contributed by atoms with Crippen molar-refractivity contribution < 1.29 is 9.53 Å². The molecule has 1 N–H and O–H groups in total. The number of nitrogens with zero attached hydrogens (tertiary/aromatic N) is 1. The molecule has 1 saturated heterocycles. The van der Waals surface area contributed by atoms with Crippen molar-refractivity contribution in [1.29, 1.82) is 0 Å². The Kier molecular flexibility index (Phi) is 3.14. The van der Waals surface area contributed by atoms with Gasteiger partial charge in [-0.25, -0.2) is 4.79 Å². The molecule has 1 saturated carbocycles. The van der Waals surface area contributed by atoms with Crippen molar-refractivity contribution in [2.45, 2.75) is 37.3 Å². The van der Waals surface area contributed by atoms with Gasteiger partial charge in [0.2, 0.25) is 0 Å². The van der Waals surface area contributed by atoms with Gasteiger partial charge in [-0.2, -0.15) is 0 Å². The van der Waals surface area contributed by atoms with Crippen LogP contribution in [0.15, 0.2) is 24.3 Å². The highest BCUT2D eigenvalue weighted by Gasteiger charge is 2.56. The number of hydrogen-bond donors (Lipinski definition) is 1. The fourth-order valence-corrected chi connectivity index (χ4v) is 4.10. The van der Waals surface area contributed by atoms with Gasteiger partial charge in [-0.3, -0.25) is 0 Å². The molecule has 3 aliphatic rings. The van der Waals surface area contributed by atoms with Gasteiger partial charge >= 0.3 is 6.03 Å². The molecule has 1 aromatic rings. The van der Waals surface area contributed by atoms with Crippen molar-refractivity contribution in [3.63, 3.8) is 0 Å². The third-order valence-corrected chi connectivity index (χ3v) is 5.33. The highest BCUT2D eigenvalue weighted by molar-refractivity contribution is 5.75. The molecular weight excluding hydrogens is 264 g/mol. The van der Waals surface area contributed by atoms with Crippen molar-refractivity contribution >= 4 is 6.03 Å². The van der Waals surface area contributed by atoms with Gasteiger partial charge in [-0.15, -0.1) is 0 Å². The zero-order valence-corrected chi connectivity index (χ0v) is 12.4. The Morgan fingerprint density at radius 3 is 3.10 bits per heavy atom. The summed E-state index contributed by atoms with van der Waals surface area (Å²) in [6.07, 6.45) is 3.41. The van der Waals surface area contributed by atoms with Gasteiger partial charge in [0.15, 0.2) is 0 Å². The number of fused-ring (bicyclic) bond motifs is 3. The third-order valence-electron chi connectivity index (χ3n) is 5.33. The molecule has 1 heterocycles. The molecule has 112 valence electrons. The second kappa shape index (κ2) is 5.02.